The van der Waals surface area contributed by atoms with Crippen LogP contribution in [0.3, 0.4) is 0 Å². The zero-order valence-electron chi connectivity index (χ0n) is 20.5. The van der Waals surface area contributed by atoms with Crippen LogP contribution in [0.15, 0.2) is 26.4 Å². The molecular formula is C25H30BrN5O2S2. The third-order valence-corrected chi connectivity index (χ3v) is 9.50. The Hall–Kier alpha value is -2.09. The van der Waals surface area contributed by atoms with Gasteiger partial charge in [-0.15, -0.1) is 21.5 Å². The summed E-state index contributed by atoms with van der Waals surface area (Å²) in [5.74, 6) is 1.90. The highest BCUT2D eigenvalue weighted by molar-refractivity contribution is 9.10. The molecule has 1 unspecified atom stereocenters. The number of nitriles is 1. The van der Waals surface area contributed by atoms with Gasteiger partial charge in [-0.25, -0.2) is 0 Å². The number of hydrogen-bond acceptors (Lipinski definition) is 7. The highest BCUT2D eigenvalue weighted by atomic mass is 79.9. The minimum Gasteiger partial charge on any atom is -0.446 e. The summed E-state index contributed by atoms with van der Waals surface area (Å²) < 4.78 is 8.25. The summed E-state index contributed by atoms with van der Waals surface area (Å²) in [6, 6.07) is 6.01. The fraction of sp³-hybridized carbons (Fsp3) is 0.520. The number of halogens is 1. The van der Waals surface area contributed by atoms with Crippen LogP contribution < -0.4 is 5.32 Å². The van der Waals surface area contributed by atoms with Crippen molar-refractivity contribution in [3.63, 3.8) is 0 Å². The molecule has 0 saturated heterocycles. The van der Waals surface area contributed by atoms with Gasteiger partial charge in [0, 0.05) is 11.4 Å². The molecule has 7 nitrogen and oxygen atoms in total. The van der Waals surface area contributed by atoms with Gasteiger partial charge in [0.1, 0.15) is 11.1 Å². The number of amides is 1. The van der Waals surface area contributed by atoms with E-state index in [-0.39, 0.29) is 17.1 Å². The number of carbonyl (C=O) groups is 1. The van der Waals surface area contributed by atoms with Gasteiger partial charge in [-0.05, 0) is 70.6 Å². The summed E-state index contributed by atoms with van der Waals surface area (Å²) in [7, 11) is 0. The largest absolute Gasteiger partial charge is 0.446 e. The lowest BCUT2D eigenvalue weighted by Gasteiger charge is -2.36. The number of nitrogens with one attached hydrogen (secondary N) is 1. The maximum atomic E-state index is 12.9. The van der Waals surface area contributed by atoms with E-state index in [1.807, 2.05) is 16.7 Å². The Balaban J connectivity index is 1.46. The number of thioether (sulfide) groups is 1. The summed E-state index contributed by atoms with van der Waals surface area (Å²) in [6.45, 7) is 9.70. The first-order valence-electron chi connectivity index (χ1n) is 11.9. The molecule has 1 amide bonds. The predicted molar refractivity (Wildman–Crippen MR) is 144 cm³/mol. The summed E-state index contributed by atoms with van der Waals surface area (Å²) in [5.41, 5.74) is 2.03. The molecule has 1 N–H and O–H groups in total. The molecule has 1 aliphatic rings. The number of furan rings is 1. The van der Waals surface area contributed by atoms with Crippen LogP contribution in [0.5, 0.6) is 0 Å². The fourth-order valence-corrected chi connectivity index (χ4v) is 6.84. The molecule has 3 heterocycles. The second kappa shape index (κ2) is 10.9. The second-order valence-electron chi connectivity index (χ2n) is 9.50. The van der Waals surface area contributed by atoms with Crippen molar-refractivity contribution in [2.24, 2.45) is 11.3 Å². The van der Waals surface area contributed by atoms with E-state index in [4.69, 9.17) is 4.42 Å². The van der Waals surface area contributed by atoms with Crippen molar-refractivity contribution in [3.8, 4) is 17.7 Å². The number of nitrogens with zero attached hydrogens (tertiary/aromatic N) is 4. The molecule has 3 aromatic rings. The second-order valence-corrected chi connectivity index (χ2v) is 12.3. The van der Waals surface area contributed by atoms with Crippen LogP contribution in [0.4, 0.5) is 5.00 Å². The smallest absolute Gasteiger partial charge is 0.235 e. The Morgan fingerprint density at radius 1 is 1.40 bits per heavy atom. The standard InChI is InChI=1S/C25H30BrN5O2S2/c1-5-11-31-22(18-9-10-20(26)33-18)29-30-24(31)34-14-21(32)28-23-17(13-27)16-8-7-15(12-19(16)35-23)25(3,4)6-2/h9-10,15H,5-8,11-12,14H2,1-4H3,(H,28,32). The van der Waals surface area contributed by atoms with Crippen molar-refractivity contribution in [2.75, 3.05) is 11.1 Å². The number of anilines is 1. The molecule has 0 radical (unpaired) electrons. The zero-order valence-corrected chi connectivity index (χ0v) is 23.7. The van der Waals surface area contributed by atoms with Crippen molar-refractivity contribution < 1.29 is 9.21 Å². The zero-order chi connectivity index (χ0) is 25.2. The van der Waals surface area contributed by atoms with Gasteiger partial charge in [0.05, 0.1) is 11.3 Å². The van der Waals surface area contributed by atoms with E-state index in [2.05, 4.69) is 65.2 Å². The fourth-order valence-electron chi connectivity index (χ4n) is 4.48. The Kier molecular flexibility index (Phi) is 8.09. The lowest BCUT2D eigenvalue weighted by atomic mass is 9.69. The number of aromatic nitrogens is 3. The minimum absolute atomic E-state index is 0.149. The molecule has 0 aromatic carbocycles. The number of hydrogen-bond donors (Lipinski definition) is 1. The first-order valence-corrected chi connectivity index (χ1v) is 14.5. The van der Waals surface area contributed by atoms with Crippen LogP contribution in [0.25, 0.3) is 11.6 Å². The normalized spacial score (nSPS) is 15.6. The van der Waals surface area contributed by atoms with Gasteiger partial charge in [0.25, 0.3) is 0 Å². The number of carbonyl (C=O) groups excluding carboxylic acids is 1. The summed E-state index contributed by atoms with van der Waals surface area (Å²) in [4.78, 5) is 14.1. The molecule has 186 valence electrons. The van der Waals surface area contributed by atoms with E-state index in [1.54, 1.807) is 11.3 Å². The Morgan fingerprint density at radius 3 is 2.86 bits per heavy atom. The first-order chi connectivity index (χ1) is 16.8. The molecule has 35 heavy (non-hydrogen) atoms. The average molecular weight is 577 g/mol. The van der Waals surface area contributed by atoms with E-state index >= 15 is 0 Å². The van der Waals surface area contributed by atoms with Gasteiger partial charge in [-0.3, -0.25) is 9.36 Å². The van der Waals surface area contributed by atoms with Crippen LogP contribution in [0.2, 0.25) is 0 Å². The van der Waals surface area contributed by atoms with Crippen LogP contribution in [0, 0.1) is 22.7 Å². The highest BCUT2D eigenvalue weighted by Gasteiger charge is 2.34. The van der Waals surface area contributed by atoms with Gasteiger partial charge in [0.2, 0.25) is 11.7 Å². The molecule has 0 aliphatic heterocycles. The van der Waals surface area contributed by atoms with Gasteiger partial charge in [0.15, 0.2) is 15.6 Å². The molecule has 3 aromatic heterocycles. The monoisotopic (exact) mass is 575 g/mol. The number of thiophene rings is 1. The summed E-state index contributed by atoms with van der Waals surface area (Å²) in [6.07, 6.45) is 5.00. The molecular weight excluding hydrogens is 546 g/mol. The first kappa shape index (κ1) is 26.0. The van der Waals surface area contributed by atoms with Crippen LogP contribution in [-0.2, 0) is 24.2 Å². The average Bonchev–Trinajstić information content (AvgIpc) is 3.53. The Bertz CT molecular complexity index is 1250. The lowest BCUT2D eigenvalue weighted by molar-refractivity contribution is -0.113. The summed E-state index contributed by atoms with van der Waals surface area (Å²) >= 11 is 6.23. The Morgan fingerprint density at radius 2 is 2.20 bits per heavy atom. The van der Waals surface area contributed by atoms with Crippen molar-refractivity contribution in [1.29, 1.82) is 5.26 Å². The molecule has 0 spiro atoms. The van der Waals surface area contributed by atoms with E-state index in [0.29, 0.717) is 37.9 Å². The summed E-state index contributed by atoms with van der Waals surface area (Å²) in [5, 5.41) is 22.8. The molecule has 10 heteroatoms. The minimum atomic E-state index is -0.149. The van der Waals surface area contributed by atoms with Crippen LogP contribution in [0.1, 0.15) is 63.0 Å². The molecule has 1 aliphatic carbocycles. The topological polar surface area (TPSA) is 96.7 Å². The molecule has 0 bridgehead atoms. The van der Waals surface area contributed by atoms with Crippen molar-refractivity contribution in [1.82, 2.24) is 14.8 Å². The van der Waals surface area contributed by atoms with Gasteiger partial charge in [-0.2, -0.15) is 5.26 Å². The van der Waals surface area contributed by atoms with Gasteiger partial charge < -0.3 is 9.73 Å². The van der Waals surface area contributed by atoms with E-state index in [9.17, 15) is 10.1 Å². The van der Waals surface area contributed by atoms with E-state index in [0.717, 1.165) is 44.2 Å². The maximum Gasteiger partial charge on any atom is 0.235 e. The molecule has 0 saturated carbocycles. The van der Waals surface area contributed by atoms with Crippen molar-refractivity contribution in [3.05, 3.63) is 32.8 Å². The molecule has 0 fully saturated rings. The quantitative estimate of drug-likeness (QED) is 0.278. The van der Waals surface area contributed by atoms with Crippen LogP contribution >= 0.6 is 39.0 Å². The Labute approximate surface area is 222 Å². The number of fused-ring (bicyclic) bond motifs is 1. The van der Waals surface area contributed by atoms with Crippen molar-refractivity contribution in [2.45, 2.75) is 71.5 Å². The highest BCUT2D eigenvalue weighted by Crippen LogP contribution is 2.45. The van der Waals surface area contributed by atoms with Crippen LogP contribution in [-0.4, -0.2) is 26.4 Å². The van der Waals surface area contributed by atoms with Gasteiger partial charge >= 0.3 is 0 Å². The maximum absolute atomic E-state index is 12.9. The third-order valence-electron chi connectivity index (χ3n) is 6.94. The predicted octanol–water partition coefficient (Wildman–Crippen LogP) is 6.92. The van der Waals surface area contributed by atoms with Crippen molar-refractivity contribution >= 4 is 49.9 Å². The third kappa shape index (κ3) is 5.52. The molecule has 1 atom stereocenters. The SMILES string of the molecule is CCCn1c(SCC(=O)Nc2sc3c(c2C#N)CCC(C(C)(C)CC)C3)nnc1-c1ccc(Br)o1. The van der Waals surface area contributed by atoms with E-state index < -0.39 is 0 Å². The van der Waals surface area contributed by atoms with E-state index in [1.165, 1.54) is 16.6 Å². The molecule has 4 rings (SSSR count). The number of rotatable bonds is 9. The van der Waals surface area contributed by atoms with Gasteiger partial charge in [-0.1, -0.05) is 45.9 Å². The lowest BCUT2D eigenvalue weighted by Crippen LogP contribution is -2.28.